The van der Waals surface area contributed by atoms with Crippen molar-refractivity contribution in [2.45, 2.75) is 31.3 Å². The molecule has 1 saturated heterocycles. The molecule has 2 amide bonds. The average Bonchev–Trinajstić information content (AvgIpc) is 2.38. The molecule has 1 aliphatic rings. The number of carboxylic acid groups (broad SMARTS) is 1. The number of likely N-dealkylation sites (tertiary alicyclic amines) is 1. The Labute approximate surface area is 114 Å². The third-order valence-electron chi connectivity index (χ3n) is 3.41. The van der Waals surface area contributed by atoms with E-state index < -0.39 is 12.0 Å². The summed E-state index contributed by atoms with van der Waals surface area (Å²) in [5.41, 5.74) is 0. The number of rotatable bonds is 5. The van der Waals surface area contributed by atoms with Gasteiger partial charge in [-0.05, 0) is 33.4 Å². The van der Waals surface area contributed by atoms with E-state index in [0.29, 0.717) is 19.1 Å². The molecule has 0 bridgehead atoms. The van der Waals surface area contributed by atoms with Crippen molar-refractivity contribution in [3.05, 3.63) is 12.7 Å². The van der Waals surface area contributed by atoms with Crippen LogP contribution in [0.15, 0.2) is 12.7 Å². The summed E-state index contributed by atoms with van der Waals surface area (Å²) in [6.45, 7) is 4.82. The Balaban J connectivity index is 2.56. The Bertz CT molecular complexity index is 344. The highest BCUT2D eigenvalue weighted by molar-refractivity contribution is 5.82. The van der Waals surface area contributed by atoms with E-state index in [0.717, 1.165) is 12.8 Å². The van der Waals surface area contributed by atoms with Gasteiger partial charge < -0.3 is 20.2 Å². The van der Waals surface area contributed by atoms with Crippen LogP contribution in [-0.4, -0.2) is 66.2 Å². The van der Waals surface area contributed by atoms with Crippen LogP contribution < -0.4 is 5.32 Å². The smallest absolute Gasteiger partial charge is 0.326 e. The van der Waals surface area contributed by atoms with Crippen LogP contribution in [0.2, 0.25) is 0 Å². The van der Waals surface area contributed by atoms with Crippen molar-refractivity contribution in [3.8, 4) is 0 Å². The van der Waals surface area contributed by atoms with Gasteiger partial charge in [0, 0.05) is 19.1 Å². The van der Waals surface area contributed by atoms with E-state index in [1.165, 1.54) is 6.08 Å². The molecule has 2 atom stereocenters. The molecule has 0 spiro atoms. The Morgan fingerprint density at radius 1 is 1.58 bits per heavy atom. The highest BCUT2D eigenvalue weighted by Gasteiger charge is 2.27. The van der Waals surface area contributed by atoms with Crippen molar-refractivity contribution < 1.29 is 14.7 Å². The summed E-state index contributed by atoms with van der Waals surface area (Å²) in [6.07, 6.45) is 3.73. The zero-order valence-electron chi connectivity index (χ0n) is 11.6. The Morgan fingerprint density at radius 3 is 2.79 bits per heavy atom. The van der Waals surface area contributed by atoms with Crippen molar-refractivity contribution in [3.63, 3.8) is 0 Å². The summed E-state index contributed by atoms with van der Waals surface area (Å²) in [6, 6.07) is -0.868. The standard InChI is InChI=1S/C13H23N3O3/c1-4-6-11(12(17)18)14-13(19)16-8-5-7-10(9-16)15(2)3/h4,10-11H,1,5-9H2,2-3H3,(H,14,19)(H,17,18). The number of carbonyl (C=O) groups is 2. The lowest BCUT2D eigenvalue weighted by Gasteiger charge is -2.36. The fourth-order valence-corrected chi connectivity index (χ4v) is 2.19. The zero-order valence-corrected chi connectivity index (χ0v) is 11.6. The van der Waals surface area contributed by atoms with Gasteiger partial charge in [0.25, 0.3) is 0 Å². The third-order valence-corrected chi connectivity index (χ3v) is 3.41. The molecule has 1 aliphatic heterocycles. The van der Waals surface area contributed by atoms with E-state index in [4.69, 9.17) is 5.11 Å². The summed E-state index contributed by atoms with van der Waals surface area (Å²) in [5.74, 6) is -1.03. The van der Waals surface area contributed by atoms with Crippen LogP contribution in [-0.2, 0) is 4.79 Å². The van der Waals surface area contributed by atoms with E-state index >= 15 is 0 Å². The van der Waals surface area contributed by atoms with E-state index in [1.807, 2.05) is 14.1 Å². The summed E-state index contributed by atoms with van der Waals surface area (Å²) in [4.78, 5) is 26.8. The van der Waals surface area contributed by atoms with Crippen molar-refractivity contribution in [2.75, 3.05) is 27.2 Å². The molecule has 2 N–H and O–H groups in total. The first-order valence-electron chi connectivity index (χ1n) is 6.51. The summed E-state index contributed by atoms with van der Waals surface area (Å²) < 4.78 is 0. The van der Waals surface area contributed by atoms with Gasteiger partial charge >= 0.3 is 12.0 Å². The predicted octanol–water partition coefficient (Wildman–Crippen LogP) is 0.751. The molecule has 1 fully saturated rings. The highest BCUT2D eigenvalue weighted by atomic mass is 16.4. The molecule has 0 aromatic rings. The first-order chi connectivity index (χ1) is 8.95. The number of hydrogen-bond donors (Lipinski definition) is 2. The van der Waals surface area contributed by atoms with Crippen LogP contribution in [0.4, 0.5) is 4.79 Å². The minimum absolute atomic E-state index is 0.228. The largest absolute Gasteiger partial charge is 0.480 e. The van der Waals surface area contributed by atoms with Crippen molar-refractivity contribution in [1.82, 2.24) is 15.1 Å². The molecular formula is C13H23N3O3. The summed E-state index contributed by atoms with van der Waals surface area (Å²) >= 11 is 0. The monoisotopic (exact) mass is 269 g/mol. The second-order valence-electron chi connectivity index (χ2n) is 5.07. The van der Waals surface area contributed by atoms with Crippen LogP contribution in [0.3, 0.4) is 0 Å². The Hall–Kier alpha value is -1.56. The van der Waals surface area contributed by atoms with E-state index in [2.05, 4.69) is 16.8 Å². The molecule has 0 aromatic carbocycles. The number of nitrogens with one attached hydrogen (secondary N) is 1. The van der Waals surface area contributed by atoms with E-state index in [1.54, 1.807) is 4.90 Å². The van der Waals surface area contributed by atoms with Crippen LogP contribution in [0.1, 0.15) is 19.3 Å². The van der Waals surface area contributed by atoms with Crippen molar-refractivity contribution in [1.29, 1.82) is 0 Å². The lowest BCUT2D eigenvalue weighted by atomic mass is 10.1. The molecule has 19 heavy (non-hydrogen) atoms. The number of nitrogens with zero attached hydrogens (tertiary/aromatic N) is 2. The molecule has 2 unspecified atom stereocenters. The van der Waals surface area contributed by atoms with Gasteiger partial charge in [0.15, 0.2) is 0 Å². The molecular weight excluding hydrogens is 246 g/mol. The normalized spacial score (nSPS) is 21.0. The molecule has 6 heteroatoms. The molecule has 108 valence electrons. The lowest BCUT2D eigenvalue weighted by molar-refractivity contribution is -0.139. The second kappa shape index (κ2) is 7.13. The molecule has 1 rings (SSSR count). The van der Waals surface area contributed by atoms with Gasteiger partial charge in [0.2, 0.25) is 0 Å². The number of hydrogen-bond acceptors (Lipinski definition) is 3. The van der Waals surface area contributed by atoms with Gasteiger partial charge in [-0.15, -0.1) is 6.58 Å². The van der Waals surface area contributed by atoms with Crippen LogP contribution >= 0.6 is 0 Å². The molecule has 1 heterocycles. The predicted molar refractivity (Wildman–Crippen MR) is 73.1 cm³/mol. The number of urea groups is 1. The van der Waals surface area contributed by atoms with Gasteiger partial charge in [0.1, 0.15) is 6.04 Å². The van der Waals surface area contributed by atoms with Gasteiger partial charge in [0.05, 0.1) is 0 Å². The number of piperidine rings is 1. The van der Waals surface area contributed by atoms with Gasteiger partial charge in [-0.1, -0.05) is 6.08 Å². The van der Waals surface area contributed by atoms with E-state index in [-0.39, 0.29) is 12.5 Å². The first-order valence-corrected chi connectivity index (χ1v) is 6.51. The van der Waals surface area contributed by atoms with Crippen molar-refractivity contribution >= 4 is 12.0 Å². The highest BCUT2D eigenvalue weighted by Crippen LogP contribution is 2.13. The maximum absolute atomic E-state index is 12.1. The zero-order chi connectivity index (χ0) is 14.4. The Morgan fingerprint density at radius 2 is 2.26 bits per heavy atom. The minimum Gasteiger partial charge on any atom is -0.480 e. The molecule has 6 nitrogen and oxygen atoms in total. The van der Waals surface area contributed by atoms with Gasteiger partial charge in [-0.3, -0.25) is 0 Å². The SMILES string of the molecule is C=CCC(NC(=O)N1CCCC(N(C)C)C1)C(=O)O. The fraction of sp³-hybridized carbons (Fsp3) is 0.692. The lowest BCUT2D eigenvalue weighted by Crippen LogP contribution is -2.53. The Kier molecular flexibility index (Phi) is 5.82. The topological polar surface area (TPSA) is 72.9 Å². The fourth-order valence-electron chi connectivity index (χ4n) is 2.19. The first kappa shape index (κ1) is 15.5. The quantitative estimate of drug-likeness (QED) is 0.722. The molecule has 0 radical (unpaired) electrons. The third kappa shape index (κ3) is 4.55. The maximum Gasteiger partial charge on any atom is 0.326 e. The molecule has 0 saturated carbocycles. The average molecular weight is 269 g/mol. The van der Waals surface area contributed by atoms with Crippen LogP contribution in [0.5, 0.6) is 0 Å². The van der Waals surface area contributed by atoms with Gasteiger partial charge in [-0.2, -0.15) is 0 Å². The van der Waals surface area contributed by atoms with Crippen LogP contribution in [0, 0.1) is 0 Å². The molecule has 0 aromatic heterocycles. The molecule has 0 aliphatic carbocycles. The minimum atomic E-state index is -1.03. The summed E-state index contributed by atoms with van der Waals surface area (Å²) in [5, 5.41) is 11.5. The summed E-state index contributed by atoms with van der Waals surface area (Å²) in [7, 11) is 3.98. The number of amides is 2. The van der Waals surface area contributed by atoms with Crippen LogP contribution in [0.25, 0.3) is 0 Å². The number of likely N-dealkylation sites (N-methyl/N-ethyl adjacent to an activating group) is 1. The second-order valence-corrected chi connectivity index (χ2v) is 5.07. The van der Waals surface area contributed by atoms with E-state index in [9.17, 15) is 9.59 Å². The maximum atomic E-state index is 12.1. The van der Waals surface area contributed by atoms with Gasteiger partial charge in [-0.25, -0.2) is 9.59 Å². The van der Waals surface area contributed by atoms with Crippen molar-refractivity contribution in [2.24, 2.45) is 0 Å². The number of carbonyl (C=O) groups excluding carboxylic acids is 1. The number of carboxylic acids is 1. The number of aliphatic carboxylic acids is 1.